The predicted molar refractivity (Wildman–Crippen MR) is 112 cm³/mol. The van der Waals surface area contributed by atoms with Gasteiger partial charge < -0.3 is 14.5 Å². The quantitative estimate of drug-likeness (QED) is 0.771. The van der Waals surface area contributed by atoms with Gasteiger partial charge in [-0.3, -0.25) is 9.59 Å². The van der Waals surface area contributed by atoms with Gasteiger partial charge in [-0.15, -0.1) is 0 Å². The fraction of sp³-hybridized carbons (Fsp3) is 0.417. The van der Waals surface area contributed by atoms with Crippen molar-refractivity contribution in [2.45, 2.75) is 38.8 Å². The highest BCUT2D eigenvalue weighted by molar-refractivity contribution is 5.96. The van der Waals surface area contributed by atoms with Crippen molar-refractivity contribution in [3.05, 3.63) is 65.0 Å². The van der Waals surface area contributed by atoms with Crippen molar-refractivity contribution in [2.75, 3.05) is 20.2 Å². The van der Waals surface area contributed by atoms with E-state index in [1.165, 1.54) is 12.1 Å². The molecule has 6 heteroatoms. The van der Waals surface area contributed by atoms with Gasteiger partial charge in [0.2, 0.25) is 5.91 Å². The van der Waals surface area contributed by atoms with Crippen LogP contribution in [0, 0.1) is 18.7 Å². The van der Waals surface area contributed by atoms with Crippen molar-refractivity contribution in [3.8, 4) is 5.75 Å². The Morgan fingerprint density at radius 3 is 2.77 bits per heavy atom. The number of nitrogens with zero attached hydrogens (tertiary/aromatic N) is 2. The third kappa shape index (κ3) is 4.04. The summed E-state index contributed by atoms with van der Waals surface area (Å²) >= 11 is 0. The highest BCUT2D eigenvalue weighted by atomic mass is 19.1. The van der Waals surface area contributed by atoms with E-state index in [1.54, 1.807) is 25.3 Å². The molecule has 2 aliphatic rings. The van der Waals surface area contributed by atoms with Crippen LogP contribution >= 0.6 is 0 Å². The van der Waals surface area contributed by atoms with E-state index in [0.29, 0.717) is 31.6 Å². The Morgan fingerprint density at radius 2 is 2.03 bits per heavy atom. The molecular weight excluding hydrogens is 383 g/mol. The zero-order valence-electron chi connectivity index (χ0n) is 17.4. The minimum Gasteiger partial charge on any atom is -0.497 e. The smallest absolute Gasteiger partial charge is 0.254 e. The van der Waals surface area contributed by atoms with Gasteiger partial charge in [0, 0.05) is 31.6 Å². The van der Waals surface area contributed by atoms with Gasteiger partial charge >= 0.3 is 0 Å². The lowest BCUT2D eigenvalue weighted by Crippen LogP contribution is -2.43. The fourth-order valence-electron chi connectivity index (χ4n) is 4.71. The summed E-state index contributed by atoms with van der Waals surface area (Å²) in [5.74, 6) is 0.739. The number of methoxy groups -OCH3 is 1. The molecule has 4 rings (SSSR count). The molecule has 2 atom stereocenters. The molecule has 2 fully saturated rings. The number of likely N-dealkylation sites (tertiary alicyclic amines) is 2. The Bertz CT molecular complexity index is 961. The maximum atomic E-state index is 13.6. The highest BCUT2D eigenvalue weighted by Crippen LogP contribution is 2.33. The summed E-state index contributed by atoms with van der Waals surface area (Å²) in [5.41, 5.74) is 2.31. The van der Waals surface area contributed by atoms with Crippen molar-refractivity contribution in [3.63, 3.8) is 0 Å². The first-order valence-electron chi connectivity index (χ1n) is 10.4. The molecule has 30 heavy (non-hydrogen) atoms. The Labute approximate surface area is 176 Å². The van der Waals surface area contributed by atoms with Crippen LogP contribution in [0.15, 0.2) is 42.5 Å². The second-order valence-electron chi connectivity index (χ2n) is 8.26. The first-order chi connectivity index (χ1) is 14.5. The van der Waals surface area contributed by atoms with Gasteiger partial charge in [-0.25, -0.2) is 4.39 Å². The summed E-state index contributed by atoms with van der Waals surface area (Å²) in [6, 6.07) is 11.8. The molecule has 2 heterocycles. The number of benzene rings is 2. The molecule has 0 saturated carbocycles. The van der Waals surface area contributed by atoms with Crippen LogP contribution in [-0.2, 0) is 11.3 Å². The number of carbonyl (C=O) groups excluding carboxylic acids is 2. The first-order valence-corrected chi connectivity index (χ1v) is 10.4. The number of halogens is 1. The van der Waals surface area contributed by atoms with Gasteiger partial charge in [-0.05, 0) is 67.1 Å². The highest BCUT2D eigenvalue weighted by Gasteiger charge is 2.42. The summed E-state index contributed by atoms with van der Waals surface area (Å²) < 4.78 is 18.9. The van der Waals surface area contributed by atoms with Crippen LogP contribution in [0.2, 0.25) is 0 Å². The normalized spacial score (nSPS) is 21.4. The zero-order valence-corrected chi connectivity index (χ0v) is 17.4. The number of hydrogen-bond donors (Lipinski definition) is 0. The van der Waals surface area contributed by atoms with Gasteiger partial charge in [0.25, 0.3) is 5.91 Å². The molecule has 0 unspecified atom stereocenters. The standard InChI is InChI=1S/C24H27FN2O3/c1-16-11-20(30-2)9-10-21(16)24(29)26-14-18-6-4-8-23(28)27(22(18)15-26)13-17-5-3-7-19(25)12-17/h3,5,7,9-12,18,22H,4,6,8,13-15H2,1-2H3/t18-,22+/m1/s1. The van der Waals surface area contributed by atoms with Crippen molar-refractivity contribution in [1.82, 2.24) is 9.80 Å². The molecule has 0 radical (unpaired) electrons. The molecule has 0 aliphatic carbocycles. The second-order valence-corrected chi connectivity index (χ2v) is 8.26. The average Bonchev–Trinajstić information content (AvgIpc) is 3.09. The number of amides is 2. The van der Waals surface area contributed by atoms with Crippen molar-refractivity contribution in [2.24, 2.45) is 5.92 Å². The summed E-state index contributed by atoms with van der Waals surface area (Å²) in [5, 5.41) is 0. The minimum absolute atomic E-state index is 0.0126. The maximum absolute atomic E-state index is 13.6. The third-order valence-corrected chi connectivity index (χ3v) is 6.29. The van der Waals surface area contributed by atoms with E-state index in [-0.39, 0.29) is 29.6 Å². The topological polar surface area (TPSA) is 49.9 Å². The minimum atomic E-state index is -0.301. The lowest BCUT2D eigenvalue weighted by atomic mass is 9.98. The van der Waals surface area contributed by atoms with Crippen molar-refractivity contribution < 1.29 is 18.7 Å². The number of fused-ring (bicyclic) bond motifs is 1. The first kappa shape index (κ1) is 20.4. The Hall–Kier alpha value is -2.89. The van der Waals surface area contributed by atoms with Crippen LogP contribution in [0.5, 0.6) is 5.75 Å². The SMILES string of the molecule is COc1ccc(C(=O)N2C[C@H]3CCCC(=O)N(Cc4cccc(F)c4)[C@H]3C2)c(C)c1. The van der Waals surface area contributed by atoms with Crippen LogP contribution in [-0.4, -0.2) is 47.9 Å². The van der Waals surface area contributed by atoms with E-state index in [2.05, 4.69) is 0 Å². The van der Waals surface area contributed by atoms with Gasteiger partial charge in [0.15, 0.2) is 0 Å². The summed E-state index contributed by atoms with van der Waals surface area (Å²) in [6.45, 7) is 3.43. The monoisotopic (exact) mass is 410 g/mol. The van der Waals surface area contributed by atoms with Gasteiger partial charge in [0.05, 0.1) is 13.2 Å². The van der Waals surface area contributed by atoms with Crippen LogP contribution in [0.3, 0.4) is 0 Å². The molecule has 0 N–H and O–H groups in total. The predicted octanol–water partition coefficient (Wildman–Crippen LogP) is 3.80. The van der Waals surface area contributed by atoms with E-state index in [0.717, 1.165) is 29.7 Å². The van der Waals surface area contributed by atoms with Crippen molar-refractivity contribution in [1.29, 1.82) is 0 Å². The van der Waals surface area contributed by atoms with Gasteiger partial charge in [-0.2, -0.15) is 0 Å². The number of rotatable bonds is 4. The maximum Gasteiger partial charge on any atom is 0.254 e. The summed E-state index contributed by atoms with van der Waals surface area (Å²) in [7, 11) is 1.61. The van der Waals surface area contributed by atoms with Gasteiger partial charge in [-0.1, -0.05) is 12.1 Å². The second kappa shape index (κ2) is 8.46. The Morgan fingerprint density at radius 1 is 1.20 bits per heavy atom. The van der Waals surface area contributed by atoms with E-state index >= 15 is 0 Å². The number of ether oxygens (including phenoxy) is 1. The van der Waals surface area contributed by atoms with E-state index in [4.69, 9.17) is 4.74 Å². The molecule has 2 aliphatic heterocycles. The van der Waals surface area contributed by atoms with Crippen LogP contribution in [0.25, 0.3) is 0 Å². The molecule has 0 aromatic heterocycles. The molecule has 2 saturated heterocycles. The summed E-state index contributed by atoms with van der Waals surface area (Å²) in [6.07, 6.45) is 2.25. The lowest BCUT2D eigenvalue weighted by Gasteiger charge is -2.30. The molecule has 5 nitrogen and oxygen atoms in total. The van der Waals surface area contributed by atoms with Crippen LogP contribution < -0.4 is 4.74 Å². The van der Waals surface area contributed by atoms with E-state index < -0.39 is 0 Å². The molecule has 2 aromatic carbocycles. The van der Waals surface area contributed by atoms with Crippen LogP contribution in [0.1, 0.15) is 40.7 Å². The molecule has 158 valence electrons. The number of aryl methyl sites for hydroxylation is 1. The molecule has 0 spiro atoms. The van der Waals surface area contributed by atoms with Crippen LogP contribution in [0.4, 0.5) is 4.39 Å². The largest absolute Gasteiger partial charge is 0.497 e. The van der Waals surface area contributed by atoms with Crippen molar-refractivity contribution >= 4 is 11.8 Å². The van der Waals surface area contributed by atoms with E-state index in [9.17, 15) is 14.0 Å². The van der Waals surface area contributed by atoms with E-state index in [1.807, 2.05) is 28.9 Å². The molecule has 0 bridgehead atoms. The lowest BCUT2D eigenvalue weighted by molar-refractivity contribution is -0.133. The molecular formula is C24H27FN2O3. The molecule has 2 aromatic rings. The third-order valence-electron chi connectivity index (χ3n) is 6.29. The Kier molecular flexibility index (Phi) is 5.75. The average molecular weight is 410 g/mol. The number of hydrogen-bond acceptors (Lipinski definition) is 3. The zero-order chi connectivity index (χ0) is 21.3. The Balaban J connectivity index is 1.55. The molecule has 2 amide bonds. The summed E-state index contributed by atoms with van der Waals surface area (Å²) in [4.78, 5) is 29.8. The fourth-order valence-corrected chi connectivity index (χ4v) is 4.71. The van der Waals surface area contributed by atoms with Gasteiger partial charge in [0.1, 0.15) is 11.6 Å². The number of carbonyl (C=O) groups is 2.